The molecule has 8 heteroatoms. The lowest BCUT2D eigenvalue weighted by Crippen LogP contribution is -2.06. The van der Waals surface area contributed by atoms with E-state index in [1.54, 1.807) is 19.1 Å². The number of carbonyl (C=O) groups excluding carboxylic acids is 1. The second-order valence-electron chi connectivity index (χ2n) is 5.16. The van der Waals surface area contributed by atoms with Crippen LogP contribution >= 0.6 is 23.2 Å². The van der Waals surface area contributed by atoms with E-state index in [2.05, 4.69) is 10.1 Å². The lowest BCUT2D eigenvalue weighted by Gasteiger charge is -2.04. The average molecular weight is 381 g/mol. The highest BCUT2D eigenvalue weighted by Gasteiger charge is 2.17. The maximum Gasteiger partial charge on any atom is 0.340 e. The average Bonchev–Trinajstić information content (AvgIpc) is 2.96. The molecule has 0 bridgehead atoms. The van der Waals surface area contributed by atoms with Gasteiger partial charge < -0.3 is 9.26 Å². The van der Waals surface area contributed by atoms with Gasteiger partial charge in [-0.3, -0.25) is 0 Å². The summed E-state index contributed by atoms with van der Waals surface area (Å²) in [7, 11) is 0. The second-order valence-corrected chi connectivity index (χ2v) is 5.93. The van der Waals surface area contributed by atoms with Crippen molar-refractivity contribution >= 4 is 29.2 Å². The van der Waals surface area contributed by atoms with Crippen LogP contribution in [0.4, 0.5) is 4.39 Å². The van der Waals surface area contributed by atoms with E-state index in [0.29, 0.717) is 22.6 Å². The Balaban J connectivity index is 1.72. The van der Waals surface area contributed by atoms with Crippen LogP contribution in [0.15, 0.2) is 41.1 Å². The first kappa shape index (κ1) is 17.4. The minimum Gasteiger partial charge on any atom is -0.455 e. The maximum atomic E-state index is 13.0. The van der Waals surface area contributed by atoms with Gasteiger partial charge in [0.05, 0.1) is 10.6 Å². The molecule has 0 spiro atoms. The summed E-state index contributed by atoms with van der Waals surface area (Å²) in [5.41, 5.74) is 2.01. The fourth-order valence-corrected chi connectivity index (χ4v) is 2.39. The van der Waals surface area contributed by atoms with Gasteiger partial charge in [-0.15, -0.1) is 0 Å². The Morgan fingerprint density at radius 1 is 1.28 bits per heavy atom. The molecule has 0 amide bonds. The Morgan fingerprint density at radius 3 is 2.68 bits per heavy atom. The van der Waals surface area contributed by atoms with Crippen molar-refractivity contribution in [2.75, 3.05) is 0 Å². The number of carbonyl (C=O) groups is 1. The molecule has 0 saturated carbocycles. The van der Waals surface area contributed by atoms with Gasteiger partial charge in [-0.05, 0) is 37.3 Å². The van der Waals surface area contributed by atoms with E-state index in [4.69, 9.17) is 32.5 Å². The molecular weight excluding hydrogens is 370 g/mol. The molecule has 25 heavy (non-hydrogen) atoms. The van der Waals surface area contributed by atoms with Crippen molar-refractivity contribution < 1.29 is 18.4 Å². The first-order valence-corrected chi connectivity index (χ1v) is 7.90. The van der Waals surface area contributed by atoms with Crippen LogP contribution < -0.4 is 0 Å². The minimum absolute atomic E-state index is 0.0877. The van der Waals surface area contributed by atoms with Crippen LogP contribution in [0.5, 0.6) is 0 Å². The van der Waals surface area contributed by atoms with E-state index in [1.807, 2.05) is 0 Å². The number of pyridine rings is 1. The highest BCUT2D eigenvalue weighted by atomic mass is 35.5. The van der Waals surface area contributed by atoms with Crippen LogP contribution in [0.2, 0.25) is 10.2 Å². The zero-order chi connectivity index (χ0) is 18.0. The number of halogens is 3. The number of aromatic nitrogens is 2. The zero-order valence-electron chi connectivity index (χ0n) is 12.9. The van der Waals surface area contributed by atoms with Gasteiger partial charge in [-0.2, -0.15) is 0 Å². The summed E-state index contributed by atoms with van der Waals surface area (Å²) in [5, 5.41) is 4.17. The summed E-state index contributed by atoms with van der Waals surface area (Å²) in [5.74, 6) is -0.468. The SMILES string of the molecule is Cc1c(COC(=O)c2cnc(Cl)c(Cl)c2)noc1-c1ccc(F)cc1. The number of hydrogen-bond donors (Lipinski definition) is 0. The van der Waals surface area contributed by atoms with E-state index in [9.17, 15) is 9.18 Å². The maximum absolute atomic E-state index is 13.0. The molecule has 1 aromatic carbocycles. The number of nitrogens with zero attached hydrogens (tertiary/aromatic N) is 2. The van der Waals surface area contributed by atoms with Gasteiger partial charge in [-0.25, -0.2) is 14.2 Å². The minimum atomic E-state index is -0.614. The molecule has 0 aliphatic rings. The van der Waals surface area contributed by atoms with Gasteiger partial charge in [0, 0.05) is 17.3 Å². The van der Waals surface area contributed by atoms with Crippen LogP contribution in [0, 0.1) is 12.7 Å². The molecule has 0 atom stereocenters. The van der Waals surface area contributed by atoms with Crippen LogP contribution in [-0.2, 0) is 11.3 Å². The van der Waals surface area contributed by atoms with E-state index in [-0.39, 0.29) is 28.2 Å². The van der Waals surface area contributed by atoms with E-state index < -0.39 is 5.97 Å². The van der Waals surface area contributed by atoms with Gasteiger partial charge in [0.2, 0.25) is 0 Å². The topological polar surface area (TPSA) is 65.2 Å². The monoisotopic (exact) mass is 380 g/mol. The Hall–Kier alpha value is -2.44. The fourth-order valence-electron chi connectivity index (χ4n) is 2.12. The number of ether oxygens (including phenoxy) is 1. The highest BCUT2D eigenvalue weighted by molar-refractivity contribution is 6.41. The van der Waals surface area contributed by atoms with E-state index in [1.165, 1.54) is 24.4 Å². The fraction of sp³-hybridized carbons (Fsp3) is 0.118. The molecular formula is C17H11Cl2FN2O3. The number of esters is 1. The predicted molar refractivity (Wildman–Crippen MR) is 90.0 cm³/mol. The van der Waals surface area contributed by atoms with Gasteiger partial charge in [0.15, 0.2) is 5.76 Å². The molecule has 0 fully saturated rings. The molecule has 0 radical (unpaired) electrons. The molecule has 3 aromatic rings. The predicted octanol–water partition coefficient (Wildman–Crippen LogP) is 4.85. The van der Waals surface area contributed by atoms with Gasteiger partial charge in [-0.1, -0.05) is 28.4 Å². The largest absolute Gasteiger partial charge is 0.455 e. The third kappa shape index (κ3) is 3.81. The van der Waals surface area contributed by atoms with Crippen molar-refractivity contribution in [3.05, 3.63) is 69.3 Å². The second kappa shape index (κ2) is 7.21. The van der Waals surface area contributed by atoms with Crippen LogP contribution in [0.3, 0.4) is 0 Å². The molecule has 0 saturated heterocycles. The Bertz CT molecular complexity index is 926. The zero-order valence-corrected chi connectivity index (χ0v) is 14.4. The molecule has 3 rings (SSSR count). The summed E-state index contributed by atoms with van der Waals surface area (Å²) in [4.78, 5) is 15.8. The third-order valence-corrected chi connectivity index (χ3v) is 4.19. The van der Waals surface area contributed by atoms with Gasteiger partial charge in [0.25, 0.3) is 0 Å². The normalized spacial score (nSPS) is 10.7. The lowest BCUT2D eigenvalue weighted by atomic mass is 10.1. The van der Waals surface area contributed by atoms with Gasteiger partial charge in [0.1, 0.15) is 23.3 Å². The van der Waals surface area contributed by atoms with Crippen molar-refractivity contribution in [1.82, 2.24) is 10.1 Å². The Kier molecular flexibility index (Phi) is 5.01. The molecule has 0 unspecified atom stereocenters. The molecule has 0 aliphatic heterocycles. The smallest absolute Gasteiger partial charge is 0.340 e. The lowest BCUT2D eigenvalue weighted by molar-refractivity contribution is 0.0463. The van der Waals surface area contributed by atoms with Crippen molar-refractivity contribution in [1.29, 1.82) is 0 Å². The van der Waals surface area contributed by atoms with Crippen molar-refractivity contribution in [2.45, 2.75) is 13.5 Å². The van der Waals surface area contributed by atoms with Crippen LogP contribution in [0.1, 0.15) is 21.6 Å². The molecule has 0 N–H and O–H groups in total. The number of benzene rings is 1. The van der Waals surface area contributed by atoms with Gasteiger partial charge >= 0.3 is 5.97 Å². The summed E-state index contributed by atoms with van der Waals surface area (Å²) < 4.78 is 23.5. The molecule has 0 aliphatic carbocycles. The van der Waals surface area contributed by atoms with E-state index >= 15 is 0 Å². The summed E-state index contributed by atoms with van der Waals surface area (Å²) in [6.45, 7) is 1.69. The number of rotatable bonds is 4. The van der Waals surface area contributed by atoms with Crippen LogP contribution in [0.25, 0.3) is 11.3 Å². The van der Waals surface area contributed by atoms with Crippen LogP contribution in [-0.4, -0.2) is 16.1 Å². The van der Waals surface area contributed by atoms with Crippen molar-refractivity contribution in [3.8, 4) is 11.3 Å². The molecule has 2 heterocycles. The van der Waals surface area contributed by atoms with E-state index in [0.717, 1.165) is 0 Å². The first-order chi connectivity index (χ1) is 12.0. The Labute approximate surface area is 152 Å². The molecule has 2 aromatic heterocycles. The van der Waals surface area contributed by atoms with Crippen molar-refractivity contribution in [2.24, 2.45) is 0 Å². The standard InChI is InChI=1S/C17H11Cl2FN2O3/c1-9-14(22-25-15(9)10-2-4-12(20)5-3-10)8-24-17(23)11-6-13(18)16(19)21-7-11/h2-7H,8H2,1H3. The first-order valence-electron chi connectivity index (χ1n) is 7.15. The highest BCUT2D eigenvalue weighted by Crippen LogP contribution is 2.26. The number of hydrogen-bond acceptors (Lipinski definition) is 5. The quantitative estimate of drug-likeness (QED) is 0.478. The molecule has 128 valence electrons. The summed E-state index contributed by atoms with van der Waals surface area (Å²) in [6.07, 6.45) is 1.27. The molecule has 5 nitrogen and oxygen atoms in total. The summed E-state index contributed by atoms with van der Waals surface area (Å²) >= 11 is 11.5. The Morgan fingerprint density at radius 2 is 2.00 bits per heavy atom. The van der Waals surface area contributed by atoms with Crippen molar-refractivity contribution in [3.63, 3.8) is 0 Å². The third-order valence-electron chi connectivity index (χ3n) is 3.50. The summed E-state index contributed by atoms with van der Waals surface area (Å²) in [6, 6.07) is 7.20.